The molecule has 0 radical (unpaired) electrons. The number of nitrogens with one attached hydrogen (secondary N) is 1. The van der Waals surface area contributed by atoms with Crippen LogP contribution in [0.15, 0.2) is 65.5 Å². The van der Waals surface area contributed by atoms with E-state index in [1.54, 1.807) is 6.92 Å². The topological polar surface area (TPSA) is 54.3 Å². The number of alkyl halides is 3. The summed E-state index contributed by atoms with van der Waals surface area (Å²) in [6.07, 6.45) is -4.54. The van der Waals surface area contributed by atoms with Crippen LogP contribution in [-0.2, 0) is 12.7 Å². The normalized spacial score (nSPS) is 11.3. The highest BCUT2D eigenvalue weighted by Gasteiger charge is 2.30. The van der Waals surface area contributed by atoms with Crippen molar-refractivity contribution in [2.45, 2.75) is 19.6 Å². The van der Waals surface area contributed by atoms with Crippen molar-refractivity contribution < 1.29 is 18.0 Å². The van der Waals surface area contributed by atoms with Gasteiger partial charge in [-0.15, -0.1) is 0 Å². The molecule has 1 amide bonds. The minimum absolute atomic E-state index is 0.0475. The lowest BCUT2D eigenvalue weighted by Crippen LogP contribution is -2.33. The van der Waals surface area contributed by atoms with Crippen molar-refractivity contribution in [2.24, 2.45) is 0 Å². The Morgan fingerprint density at radius 2 is 1.71 bits per heavy atom. The molecule has 0 bridgehead atoms. The first-order chi connectivity index (χ1) is 14.6. The second-order valence-corrected chi connectivity index (χ2v) is 7.32. The van der Waals surface area contributed by atoms with Gasteiger partial charge in [0.15, 0.2) is 0 Å². The minimum atomic E-state index is -4.54. The van der Waals surface area contributed by atoms with Crippen LogP contribution in [0.5, 0.6) is 0 Å². The standard InChI is InChI=1S/C23H22F3N3O2/c1-15-7-12-20(21(30)27-14-16-8-10-18(11-9-16)28(2)3)22(31)29(15)19-6-4-5-17(13-19)23(24,25)26/h4-13H,14H2,1-3H3,(H,27,30). The molecule has 0 saturated heterocycles. The van der Waals surface area contributed by atoms with Crippen LogP contribution >= 0.6 is 0 Å². The Morgan fingerprint density at radius 3 is 2.32 bits per heavy atom. The number of hydrogen-bond donors (Lipinski definition) is 1. The van der Waals surface area contributed by atoms with E-state index in [9.17, 15) is 22.8 Å². The summed E-state index contributed by atoms with van der Waals surface area (Å²) in [5, 5.41) is 2.69. The molecule has 0 saturated carbocycles. The number of halogens is 3. The zero-order chi connectivity index (χ0) is 22.8. The third kappa shape index (κ3) is 4.96. The lowest BCUT2D eigenvalue weighted by molar-refractivity contribution is -0.137. The molecule has 0 fully saturated rings. The summed E-state index contributed by atoms with van der Waals surface area (Å²) in [5.41, 5.74) is 0.633. The van der Waals surface area contributed by atoms with Gasteiger partial charge in [-0.25, -0.2) is 0 Å². The predicted molar refractivity (Wildman–Crippen MR) is 114 cm³/mol. The summed E-state index contributed by atoms with van der Waals surface area (Å²) in [6, 6.07) is 14.9. The first-order valence-electron chi connectivity index (χ1n) is 9.52. The van der Waals surface area contributed by atoms with Crippen LogP contribution in [0.3, 0.4) is 0 Å². The SMILES string of the molecule is Cc1ccc(C(=O)NCc2ccc(N(C)C)cc2)c(=O)n1-c1cccc(C(F)(F)F)c1. The predicted octanol–water partition coefficient (Wildman–Crippen LogP) is 4.16. The fourth-order valence-electron chi connectivity index (χ4n) is 3.13. The number of carbonyl (C=O) groups is 1. The van der Waals surface area contributed by atoms with Crippen molar-refractivity contribution in [1.29, 1.82) is 0 Å². The van der Waals surface area contributed by atoms with E-state index in [1.165, 1.54) is 24.3 Å². The lowest BCUT2D eigenvalue weighted by Gasteiger charge is -2.15. The quantitative estimate of drug-likeness (QED) is 0.663. The molecule has 0 spiro atoms. The van der Waals surface area contributed by atoms with Crippen molar-refractivity contribution >= 4 is 11.6 Å². The van der Waals surface area contributed by atoms with Gasteiger partial charge in [0.25, 0.3) is 11.5 Å². The third-order valence-corrected chi connectivity index (χ3v) is 4.86. The zero-order valence-corrected chi connectivity index (χ0v) is 17.3. The number of carbonyl (C=O) groups excluding carboxylic acids is 1. The maximum Gasteiger partial charge on any atom is 0.416 e. The van der Waals surface area contributed by atoms with E-state index in [0.717, 1.165) is 28.0 Å². The maximum absolute atomic E-state index is 13.1. The third-order valence-electron chi connectivity index (χ3n) is 4.86. The van der Waals surface area contributed by atoms with Crippen molar-refractivity contribution in [2.75, 3.05) is 19.0 Å². The van der Waals surface area contributed by atoms with Crippen LogP contribution in [0.4, 0.5) is 18.9 Å². The van der Waals surface area contributed by atoms with E-state index in [-0.39, 0.29) is 17.8 Å². The highest BCUT2D eigenvalue weighted by atomic mass is 19.4. The molecule has 5 nitrogen and oxygen atoms in total. The largest absolute Gasteiger partial charge is 0.416 e. The van der Waals surface area contributed by atoms with Gasteiger partial charge in [0, 0.05) is 37.7 Å². The number of nitrogens with zero attached hydrogens (tertiary/aromatic N) is 2. The molecule has 0 aliphatic rings. The van der Waals surface area contributed by atoms with Gasteiger partial charge in [0.05, 0.1) is 5.56 Å². The molecular formula is C23H22F3N3O2. The number of pyridine rings is 1. The number of rotatable bonds is 5. The first-order valence-corrected chi connectivity index (χ1v) is 9.52. The molecule has 1 aromatic heterocycles. The van der Waals surface area contributed by atoms with Gasteiger partial charge in [-0.2, -0.15) is 13.2 Å². The van der Waals surface area contributed by atoms with Gasteiger partial charge in [-0.1, -0.05) is 18.2 Å². The fourth-order valence-corrected chi connectivity index (χ4v) is 3.13. The number of hydrogen-bond acceptors (Lipinski definition) is 3. The summed E-state index contributed by atoms with van der Waals surface area (Å²) in [7, 11) is 3.84. The Hall–Kier alpha value is -3.55. The second kappa shape index (κ2) is 8.67. The first kappa shape index (κ1) is 22.1. The monoisotopic (exact) mass is 429 g/mol. The van der Waals surface area contributed by atoms with Crippen molar-refractivity contribution in [3.8, 4) is 5.69 Å². The van der Waals surface area contributed by atoms with E-state index in [2.05, 4.69) is 5.32 Å². The van der Waals surface area contributed by atoms with Crippen LogP contribution in [-0.4, -0.2) is 24.6 Å². The number of aryl methyl sites for hydroxylation is 1. The number of benzene rings is 2. The Morgan fingerprint density at radius 1 is 1.03 bits per heavy atom. The molecule has 1 N–H and O–H groups in total. The van der Waals surface area contributed by atoms with Gasteiger partial charge in [0.1, 0.15) is 5.56 Å². The van der Waals surface area contributed by atoms with Crippen LogP contribution < -0.4 is 15.8 Å². The summed E-state index contributed by atoms with van der Waals surface area (Å²) in [4.78, 5) is 27.5. The molecule has 31 heavy (non-hydrogen) atoms. The maximum atomic E-state index is 13.1. The van der Waals surface area contributed by atoms with Crippen molar-refractivity contribution in [3.05, 3.63) is 93.4 Å². The average Bonchev–Trinajstić information content (AvgIpc) is 2.72. The molecule has 3 aromatic rings. The van der Waals surface area contributed by atoms with Gasteiger partial charge < -0.3 is 10.2 Å². The van der Waals surface area contributed by atoms with Crippen LogP contribution in [0.2, 0.25) is 0 Å². The van der Waals surface area contributed by atoms with Crippen LogP contribution in [0.1, 0.15) is 27.2 Å². The molecule has 0 aliphatic heterocycles. The Kier molecular flexibility index (Phi) is 6.19. The highest BCUT2D eigenvalue weighted by molar-refractivity contribution is 5.93. The van der Waals surface area contributed by atoms with Gasteiger partial charge in [0.2, 0.25) is 0 Å². The lowest BCUT2D eigenvalue weighted by atomic mass is 10.1. The molecule has 2 aromatic carbocycles. The van der Waals surface area contributed by atoms with Crippen LogP contribution in [0.25, 0.3) is 5.69 Å². The average molecular weight is 429 g/mol. The Labute approximate surface area is 177 Å². The second-order valence-electron chi connectivity index (χ2n) is 7.32. The van der Waals surface area contributed by atoms with Crippen LogP contribution in [0, 0.1) is 6.92 Å². The zero-order valence-electron chi connectivity index (χ0n) is 17.3. The Bertz CT molecular complexity index is 1150. The molecule has 8 heteroatoms. The fraction of sp³-hybridized carbons (Fsp3) is 0.217. The van der Waals surface area contributed by atoms with Crippen molar-refractivity contribution in [1.82, 2.24) is 9.88 Å². The Balaban J connectivity index is 1.86. The summed E-state index contributed by atoms with van der Waals surface area (Å²) in [6.45, 7) is 1.80. The summed E-state index contributed by atoms with van der Waals surface area (Å²) < 4.78 is 40.3. The van der Waals surface area contributed by atoms with E-state index in [1.807, 2.05) is 43.3 Å². The van der Waals surface area contributed by atoms with Crippen molar-refractivity contribution in [3.63, 3.8) is 0 Å². The number of amides is 1. The van der Waals surface area contributed by atoms with Gasteiger partial charge in [-0.05, 0) is 55.0 Å². The van der Waals surface area contributed by atoms with E-state index >= 15 is 0 Å². The van der Waals surface area contributed by atoms with E-state index in [4.69, 9.17) is 0 Å². The number of aromatic nitrogens is 1. The van der Waals surface area contributed by atoms with E-state index in [0.29, 0.717) is 5.69 Å². The molecule has 1 heterocycles. The molecule has 0 unspecified atom stereocenters. The summed E-state index contributed by atoms with van der Waals surface area (Å²) >= 11 is 0. The number of anilines is 1. The molecule has 3 rings (SSSR count). The van der Waals surface area contributed by atoms with Gasteiger partial charge >= 0.3 is 6.18 Å². The molecule has 0 atom stereocenters. The highest BCUT2D eigenvalue weighted by Crippen LogP contribution is 2.30. The van der Waals surface area contributed by atoms with Gasteiger partial charge in [-0.3, -0.25) is 14.2 Å². The molecule has 162 valence electrons. The van der Waals surface area contributed by atoms with E-state index < -0.39 is 23.2 Å². The minimum Gasteiger partial charge on any atom is -0.378 e. The molecular weight excluding hydrogens is 407 g/mol. The molecule has 0 aliphatic carbocycles. The smallest absolute Gasteiger partial charge is 0.378 e. The summed E-state index contributed by atoms with van der Waals surface area (Å²) in [5.74, 6) is -0.595.